The fourth-order valence-electron chi connectivity index (χ4n) is 1.90. The van der Waals surface area contributed by atoms with Crippen LogP contribution >= 0.6 is 11.8 Å². The third-order valence-corrected chi connectivity index (χ3v) is 3.53. The lowest BCUT2D eigenvalue weighted by atomic mass is 10.1. The molecule has 1 atom stereocenters. The van der Waals surface area contributed by atoms with Gasteiger partial charge in [0.15, 0.2) is 0 Å². The fourth-order valence-corrected chi connectivity index (χ4v) is 2.54. The van der Waals surface area contributed by atoms with E-state index in [9.17, 15) is 18.4 Å². The van der Waals surface area contributed by atoms with Crippen LogP contribution < -0.4 is 5.32 Å². The van der Waals surface area contributed by atoms with E-state index in [1.165, 1.54) is 12.1 Å². The highest BCUT2D eigenvalue weighted by Gasteiger charge is 2.19. The number of thioether (sulfide) groups is 1. The number of hydrogen-bond acceptors (Lipinski definition) is 3. The minimum Gasteiger partial charge on any atom is -0.481 e. The van der Waals surface area contributed by atoms with E-state index >= 15 is 0 Å². The van der Waals surface area contributed by atoms with Gasteiger partial charge in [0, 0.05) is 10.9 Å². The van der Waals surface area contributed by atoms with E-state index in [2.05, 4.69) is 5.32 Å². The van der Waals surface area contributed by atoms with Crippen molar-refractivity contribution in [2.24, 2.45) is 0 Å². The summed E-state index contributed by atoms with van der Waals surface area (Å²) in [6.45, 7) is 1.88. The standard InChI is InChI=1S/C14H17F2NO3S/c1-2-5-9(8-12(18)19)17-13(20)10-6-3-4-7-11(10)21-14(15)16/h3-4,6-7,9,14H,2,5,8H2,1H3,(H,17,20)(H,18,19). The first-order valence-electron chi connectivity index (χ1n) is 6.50. The van der Waals surface area contributed by atoms with Crippen LogP contribution in [0.1, 0.15) is 36.5 Å². The van der Waals surface area contributed by atoms with Crippen LogP contribution in [-0.4, -0.2) is 28.8 Å². The molecule has 0 aliphatic heterocycles. The molecule has 0 saturated heterocycles. The van der Waals surface area contributed by atoms with Crippen molar-refractivity contribution in [3.63, 3.8) is 0 Å². The molecule has 0 bridgehead atoms. The van der Waals surface area contributed by atoms with Crippen molar-refractivity contribution in [1.82, 2.24) is 5.32 Å². The Morgan fingerprint density at radius 3 is 2.57 bits per heavy atom. The molecule has 0 aliphatic rings. The molecule has 0 radical (unpaired) electrons. The van der Waals surface area contributed by atoms with Gasteiger partial charge in [-0.05, 0) is 18.6 Å². The maximum atomic E-state index is 12.5. The summed E-state index contributed by atoms with van der Waals surface area (Å²) in [4.78, 5) is 23.1. The summed E-state index contributed by atoms with van der Waals surface area (Å²) in [6, 6.07) is 5.53. The number of aliphatic carboxylic acids is 1. The third-order valence-electron chi connectivity index (χ3n) is 2.74. The zero-order valence-electron chi connectivity index (χ0n) is 11.5. The molecular weight excluding hydrogens is 300 g/mol. The average Bonchev–Trinajstić information content (AvgIpc) is 2.38. The van der Waals surface area contributed by atoms with E-state index in [1.54, 1.807) is 12.1 Å². The first-order chi connectivity index (χ1) is 9.93. The number of carboxylic acid groups (broad SMARTS) is 1. The van der Waals surface area contributed by atoms with Gasteiger partial charge in [0.05, 0.1) is 12.0 Å². The van der Waals surface area contributed by atoms with Crippen LogP contribution in [0.3, 0.4) is 0 Å². The zero-order valence-corrected chi connectivity index (χ0v) is 12.3. The Morgan fingerprint density at radius 2 is 2.00 bits per heavy atom. The Labute approximate surface area is 125 Å². The number of nitrogens with one attached hydrogen (secondary N) is 1. The normalized spacial score (nSPS) is 12.2. The van der Waals surface area contributed by atoms with Crippen LogP contribution in [0.2, 0.25) is 0 Å². The molecule has 0 fully saturated rings. The summed E-state index contributed by atoms with van der Waals surface area (Å²) in [6.07, 6.45) is 1.04. The van der Waals surface area contributed by atoms with Crippen molar-refractivity contribution in [2.45, 2.75) is 42.9 Å². The van der Waals surface area contributed by atoms with Gasteiger partial charge >= 0.3 is 5.97 Å². The molecule has 0 spiro atoms. The molecule has 0 heterocycles. The summed E-state index contributed by atoms with van der Waals surface area (Å²) in [5.41, 5.74) is 0.134. The molecule has 0 aliphatic carbocycles. The summed E-state index contributed by atoms with van der Waals surface area (Å²) in [5, 5.41) is 11.4. The van der Waals surface area contributed by atoms with E-state index in [0.29, 0.717) is 24.6 Å². The highest BCUT2D eigenvalue weighted by Crippen LogP contribution is 2.28. The Balaban J connectivity index is 2.84. The molecule has 1 aromatic rings. The summed E-state index contributed by atoms with van der Waals surface area (Å²) in [5.74, 6) is -4.16. The quantitative estimate of drug-likeness (QED) is 0.721. The van der Waals surface area contributed by atoms with Crippen molar-refractivity contribution < 1.29 is 23.5 Å². The number of benzene rings is 1. The zero-order chi connectivity index (χ0) is 15.8. The van der Waals surface area contributed by atoms with Crippen molar-refractivity contribution >= 4 is 23.6 Å². The Hall–Kier alpha value is -1.63. The van der Waals surface area contributed by atoms with Crippen LogP contribution in [0.15, 0.2) is 29.2 Å². The van der Waals surface area contributed by atoms with Crippen LogP contribution in [-0.2, 0) is 4.79 Å². The number of carbonyl (C=O) groups is 2. The first kappa shape index (κ1) is 17.4. The maximum Gasteiger partial charge on any atom is 0.305 e. The van der Waals surface area contributed by atoms with E-state index in [1.807, 2.05) is 6.92 Å². The van der Waals surface area contributed by atoms with E-state index in [-0.39, 0.29) is 16.9 Å². The van der Waals surface area contributed by atoms with Crippen LogP contribution in [0.5, 0.6) is 0 Å². The fraction of sp³-hybridized carbons (Fsp3) is 0.429. The second kappa shape index (κ2) is 8.61. The van der Waals surface area contributed by atoms with Gasteiger partial charge in [0.25, 0.3) is 11.7 Å². The number of halogens is 2. The van der Waals surface area contributed by atoms with E-state index in [0.717, 1.165) is 0 Å². The molecular formula is C14H17F2NO3S. The van der Waals surface area contributed by atoms with Gasteiger partial charge in [-0.3, -0.25) is 9.59 Å². The van der Waals surface area contributed by atoms with Crippen LogP contribution in [0.25, 0.3) is 0 Å². The highest BCUT2D eigenvalue weighted by molar-refractivity contribution is 7.99. The number of alkyl halides is 2. The molecule has 1 amide bonds. The predicted molar refractivity (Wildman–Crippen MR) is 76.7 cm³/mol. The Bertz CT molecular complexity index is 497. The lowest BCUT2D eigenvalue weighted by Crippen LogP contribution is -2.36. The summed E-state index contributed by atoms with van der Waals surface area (Å²) < 4.78 is 24.9. The number of carboxylic acids is 1. The molecule has 2 N–H and O–H groups in total. The van der Waals surface area contributed by atoms with E-state index < -0.39 is 23.7 Å². The molecule has 7 heteroatoms. The smallest absolute Gasteiger partial charge is 0.305 e. The summed E-state index contributed by atoms with van der Waals surface area (Å²) >= 11 is 0.297. The Morgan fingerprint density at radius 1 is 1.33 bits per heavy atom. The van der Waals surface area contributed by atoms with Gasteiger partial charge in [-0.2, -0.15) is 8.78 Å². The van der Waals surface area contributed by atoms with Crippen molar-refractivity contribution in [2.75, 3.05) is 0 Å². The van der Waals surface area contributed by atoms with Crippen LogP contribution in [0.4, 0.5) is 8.78 Å². The summed E-state index contributed by atoms with van der Waals surface area (Å²) in [7, 11) is 0. The second-order valence-electron chi connectivity index (χ2n) is 4.43. The first-order valence-corrected chi connectivity index (χ1v) is 7.38. The average molecular weight is 317 g/mol. The van der Waals surface area contributed by atoms with Crippen molar-refractivity contribution in [3.05, 3.63) is 29.8 Å². The van der Waals surface area contributed by atoms with Crippen molar-refractivity contribution in [3.8, 4) is 0 Å². The number of hydrogen-bond donors (Lipinski definition) is 2. The van der Waals surface area contributed by atoms with Gasteiger partial charge in [-0.15, -0.1) is 0 Å². The lowest BCUT2D eigenvalue weighted by Gasteiger charge is -2.17. The maximum absolute atomic E-state index is 12.5. The number of carbonyl (C=O) groups excluding carboxylic acids is 1. The highest BCUT2D eigenvalue weighted by atomic mass is 32.2. The molecule has 1 unspecified atom stereocenters. The van der Waals surface area contributed by atoms with Gasteiger partial charge in [-0.25, -0.2) is 0 Å². The predicted octanol–water partition coefficient (Wildman–Crippen LogP) is 3.37. The molecule has 4 nitrogen and oxygen atoms in total. The van der Waals surface area contributed by atoms with Gasteiger partial charge in [-0.1, -0.05) is 37.2 Å². The molecule has 21 heavy (non-hydrogen) atoms. The molecule has 0 aromatic heterocycles. The molecule has 0 saturated carbocycles. The number of amides is 1. The molecule has 1 rings (SSSR count). The SMILES string of the molecule is CCCC(CC(=O)O)NC(=O)c1ccccc1SC(F)F. The largest absolute Gasteiger partial charge is 0.481 e. The second-order valence-corrected chi connectivity index (χ2v) is 5.46. The lowest BCUT2D eigenvalue weighted by molar-refractivity contribution is -0.137. The molecule has 116 valence electrons. The molecule has 1 aromatic carbocycles. The number of rotatable bonds is 8. The third kappa shape index (κ3) is 6.12. The van der Waals surface area contributed by atoms with Gasteiger partial charge in [0.2, 0.25) is 0 Å². The minimum atomic E-state index is -2.62. The van der Waals surface area contributed by atoms with Gasteiger partial charge in [0.1, 0.15) is 0 Å². The topological polar surface area (TPSA) is 66.4 Å². The van der Waals surface area contributed by atoms with Gasteiger partial charge < -0.3 is 10.4 Å². The minimum absolute atomic E-state index is 0.134. The monoisotopic (exact) mass is 317 g/mol. The van der Waals surface area contributed by atoms with E-state index in [4.69, 9.17) is 5.11 Å². The Kier molecular flexibility index (Phi) is 7.14. The van der Waals surface area contributed by atoms with Crippen LogP contribution in [0, 0.1) is 0 Å². The van der Waals surface area contributed by atoms with Crippen molar-refractivity contribution in [1.29, 1.82) is 0 Å².